The van der Waals surface area contributed by atoms with Gasteiger partial charge in [-0.15, -0.1) is 0 Å². The van der Waals surface area contributed by atoms with Crippen molar-refractivity contribution in [3.8, 4) is 11.5 Å². The van der Waals surface area contributed by atoms with Crippen LogP contribution in [0.1, 0.15) is 29.7 Å². The van der Waals surface area contributed by atoms with Crippen molar-refractivity contribution in [3.63, 3.8) is 0 Å². The number of Topliss-reactive ketones (excluding diaryl/α,β-unsaturated/α-hetero) is 1. The van der Waals surface area contributed by atoms with E-state index in [1.165, 1.54) is 0 Å². The molecular weight excluding hydrogens is 408 g/mol. The van der Waals surface area contributed by atoms with E-state index in [4.69, 9.17) is 9.47 Å². The standard InChI is InChI=1S/C25H30N2O5/c1-6-32-19-10-7-17(8-11-19)22-21(24(29)25(30)27(22)14-13-26(3)4)23(28)18-9-12-20(31-5)16(2)15-18/h7-12,15,22,28H,6,13-14H2,1-5H3/p+1. The molecule has 2 aromatic carbocycles. The monoisotopic (exact) mass is 439 g/mol. The van der Waals surface area contributed by atoms with Crippen molar-refractivity contribution in [2.45, 2.75) is 19.9 Å². The Bertz CT molecular complexity index is 1030. The number of aryl methyl sites for hydroxylation is 1. The van der Waals surface area contributed by atoms with Crippen molar-refractivity contribution < 1.29 is 29.1 Å². The molecule has 1 aliphatic heterocycles. The van der Waals surface area contributed by atoms with E-state index in [-0.39, 0.29) is 11.3 Å². The van der Waals surface area contributed by atoms with E-state index in [2.05, 4.69) is 0 Å². The molecule has 0 saturated carbocycles. The third-order valence-electron chi connectivity index (χ3n) is 5.57. The highest BCUT2D eigenvalue weighted by atomic mass is 16.5. The molecule has 1 saturated heterocycles. The Hall–Kier alpha value is -3.32. The number of ether oxygens (including phenoxy) is 2. The normalized spacial score (nSPS) is 17.8. The lowest BCUT2D eigenvalue weighted by Crippen LogP contribution is -3.06. The van der Waals surface area contributed by atoms with Crippen LogP contribution in [0.15, 0.2) is 48.0 Å². The number of methoxy groups -OCH3 is 1. The second kappa shape index (κ2) is 9.87. The summed E-state index contributed by atoms with van der Waals surface area (Å²) in [5.41, 5.74) is 2.13. The van der Waals surface area contributed by atoms with Gasteiger partial charge in [0.05, 0.1) is 52.5 Å². The number of carbonyl (C=O) groups is 2. The van der Waals surface area contributed by atoms with Crippen LogP contribution in [0.25, 0.3) is 5.76 Å². The molecule has 0 aliphatic carbocycles. The van der Waals surface area contributed by atoms with Crippen LogP contribution < -0.4 is 14.4 Å². The summed E-state index contributed by atoms with van der Waals surface area (Å²) in [6.45, 7) is 5.37. The number of aliphatic hydroxyl groups excluding tert-OH is 1. The van der Waals surface area contributed by atoms with Crippen LogP contribution in [-0.2, 0) is 9.59 Å². The molecule has 1 atom stereocenters. The van der Waals surface area contributed by atoms with Gasteiger partial charge in [0, 0.05) is 5.56 Å². The summed E-state index contributed by atoms with van der Waals surface area (Å²) < 4.78 is 10.8. The molecule has 2 aromatic rings. The van der Waals surface area contributed by atoms with Crippen molar-refractivity contribution in [1.82, 2.24) is 4.90 Å². The molecule has 2 N–H and O–H groups in total. The van der Waals surface area contributed by atoms with Gasteiger partial charge in [0.1, 0.15) is 17.3 Å². The summed E-state index contributed by atoms with van der Waals surface area (Å²) in [5, 5.41) is 11.2. The third kappa shape index (κ3) is 4.62. The maximum absolute atomic E-state index is 13.1. The largest absolute Gasteiger partial charge is 0.507 e. The fraction of sp³-hybridized carbons (Fsp3) is 0.360. The number of benzene rings is 2. The van der Waals surface area contributed by atoms with Crippen molar-refractivity contribution in [3.05, 3.63) is 64.7 Å². The number of amides is 1. The fourth-order valence-electron chi connectivity index (χ4n) is 3.90. The lowest BCUT2D eigenvalue weighted by Gasteiger charge is -2.25. The van der Waals surface area contributed by atoms with Crippen molar-refractivity contribution >= 4 is 17.4 Å². The molecule has 0 bridgehead atoms. The number of hydrogen-bond donors (Lipinski definition) is 2. The minimum absolute atomic E-state index is 0.0949. The molecule has 0 aromatic heterocycles. The highest BCUT2D eigenvalue weighted by molar-refractivity contribution is 6.46. The molecule has 7 nitrogen and oxygen atoms in total. The van der Waals surface area contributed by atoms with E-state index in [0.717, 1.165) is 16.0 Å². The van der Waals surface area contributed by atoms with Gasteiger partial charge in [-0.05, 0) is 55.3 Å². The quantitative estimate of drug-likeness (QED) is 0.374. The van der Waals surface area contributed by atoms with Gasteiger partial charge in [-0.1, -0.05) is 12.1 Å². The number of quaternary nitrogens is 1. The summed E-state index contributed by atoms with van der Waals surface area (Å²) in [6, 6.07) is 11.8. The molecule has 170 valence electrons. The van der Waals surface area contributed by atoms with Crippen molar-refractivity contribution in [2.75, 3.05) is 40.9 Å². The SMILES string of the molecule is CCOc1ccc(C2C(=C(O)c3ccc(OC)c(C)c3)C(=O)C(=O)N2CC[NH+](C)C)cc1. The van der Waals surface area contributed by atoms with Gasteiger partial charge in [0.15, 0.2) is 0 Å². The van der Waals surface area contributed by atoms with E-state index < -0.39 is 17.7 Å². The predicted octanol–water partition coefficient (Wildman–Crippen LogP) is 1.97. The Balaban J connectivity index is 2.12. The van der Waals surface area contributed by atoms with Crippen LogP contribution in [-0.4, -0.2) is 62.6 Å². The zero-order chi connectivity index (χ0) is 23.4. The topological polar surface area (TPSA) is 80.5 Å². The van der Waals surface area contributed by atoms with Crippen LogP contribution >= 0.6 is 0 Å². The van der Waals surface area contributed by atoms with Gasteiger partial charge >= 0.3 is 0 Å². The lowest BCUT2D eigenvalue weighted by atomic mass is 9.94. The van der Waals surface area contributed by atoms with E-state index in [0.29, 0.717) is 36.8 Å². The Labute approximate surface area is 188 Å². The molecule has 7 heteroatoms. The van der Waals surface area contributed by atoms with Gasteiger partial charge in [0.25, 0.3) is 11.7 Å². The highest BCUT2D eigenvalue weighted by Gasteiger charge is 2.46. The molecule has 1 heterocycles. The third-order valence-corrected chi connectivity index (χ3v) is 5.57. The smallest absolute Gasteiger partial charge is 0.295 e. The summed E-state index contributed by atoms with van der Waals surface area (Å²) in [6.07, 6.45) is 0. The number of likely N-dealkylation sites (N-methyl/N-ethyl adjacent to an activating group) is 1. The van der Waals surface area contributed by atoms with Crippen LogP contribution in [0, 0.1) is 6.92 Å². The first kappa shape index (κ1) is 23.3. The highest BCUT2D eigenvalue weighted by Crippen LogP contribution is 2.40. The van der Waals surface area contributed by atoms with Crippen molar-refractivity contribution in [1.29, 1.82) is 0 Å². The van der Waals surface area contributed by atoms with Gasteiger partial charge in [-0.25, -0.2) is 0 Å². The minimum atomic E-state index is -0.677. The number of carbonyl (C=O) groups excluding carboxylic acids is 2. The van der Waals surface area contributed by atoms with Crippen molar-refractivity contribution in [2.24, 2.45) is 0 Å². The van der Waals surface area contributed by atoms with Crippen LogP contribution in [0.3, 0.4) is 0 Å². The van der Waals surface area contributed by atoms with Gasteiger partial charge in [0.2, 0.25) is 0 Å². The molecule has 32 heavy (non-hydrogen) atoms. The number of hydrogen-bond acceptors (Lipinski definition) is 5. The first-order valence-electron chi connectivity index (χ1n) is 10.7. The Morgan fingerprint density at radius 3 is 2.38 bits per heavy atom. The summed E-state index contributed by atoms with van der Waals surface area (Å²) in [5.74, 6) is -0.0797. The maximum Gasteiger partial charge on any atom is 0.295 e. The molecule has 1 amide bonds. The maximum atomic E-state index is 13.1. The zero-order valence-electron chi connectivity index (χ0n) is 19.3. The minimum Gasteiger partial charge on any atom is -0.507 e. The van der Waals surface area contributed by atoms with E-state index in [9.17, 15) is 14.7 Å². The van der Waals surface area contributed by atoms with Crippen LogP contribution in [0.2, 0.25) is 0 Å². The summed E-state index contributed by atoms with van der Waals surface area (Å²) >= 11 is 0. The first-order chi connectivity index (χ1) is 15.3. The molecule has 1 fully saturated rings. The number of aliphatic hydroxyl groups is 1. The van der Waals surface area contributed by atoms with E-state index in [1.807, 2.05) is 52.2 Å². The number of nitrogens with one attached hydrogen (secondary N) is 1. The predicted molar refractivity (Wildman–Crippen MR) is 122 cm³/mol. The van der Waals surface area contributed by atoms with Gasteiger partial charge in [-0.2, -0.15) is 0 Å². The number of ketones is 1. The molecule has 0 radical (unpaired) electrons. The number of nitrogens with zero attached hydrogens (tertiary/aromatic N) is 1. The second-order valence-corrected chi connectivity index (χ2v) is 8.14. The van der Waals surface area contributed by atoms with E-state index in [1.54, 1.807) is 30.2 Å². The molecule has 1 unspecified atom stereocenters. The summed E-state index contributed by atoms with van der Waals surface area (Å²) in [7, 11) is 5.55. The molecule has 0 spiro atoms. The number of rotatable bonds is 8. The molecule has 1 aliphatic rings. The number of likely N-dealkylation sites (tertiary alicyclic amines) is 1. The Morgan fingerprint density at radius 1 is 1.12 bits per heavy atom. The van der Waals surface area contributed by atoms with E-state index >= 15 is 0 Å². The van der Waals surface area contributed by atoms with Crippen LogP contribution in [0.4, 0.5) is 0 Å². The Kier molecular flexibility index (Phi) is 7.20. The molecular formula is C25H31N2O5+. The molecule has 3 rings (SSSR count). The first-order valence-corrected chi connectivity index (χ1v) is 10.7. The lowest BCUT2D eigenvalue weighted by molar-refractivity contribution is -0.857. The van der Waals surface area contributed by atoms with Gasteiger partial charge in [-0.3, -0.25) is 9.59 Å². The average molecular weight is 440 g/mol. The second-order valence-electron chi connectivity index (χ2n) is 8.14. The van der Waals surface area contributed by atoms with Gasteiger partial charge < -0.3 is 24.4 Å². The fourth-order valence-corrected chi connectivity index (χ4v) is 3.90. The van der Waals surface area contributed by atoms with Crippen LogP contribution in [0.5, 0.6) is 11.5 Å². The average Bonchev–Trinajstić information content (AvgIpc) is 3.02. The Morgan fingerprint density at radius 2 is 1.81 bits per heavy atom. The zero-order valence-corrected chi connectivity index (χ0v) is 19.3. The summed E-state index contributed by atoms with van der Waals surface area (Å²) in [4.78, 5) is 28.7.